The SMILES string of the molecule is CCCNC(=O)CN1C(=O)C(c2ccccc2)Nc2ccccc21. The highest BCUT2D eigenvalue weighted by atomic mass is 16.2. The zero-order chi connectivity index (χ0) is 16.9. The Morgan fingerprint density at radius 3 is 2.58 bits per heavy atom. The topological polar surface area (TPSA) is 61.4 Å². The van der Waals surface area contributed by atoms with Gasteiger partial charge in [-0.3, -0.25) is 14.5 Å². The van der Waals surface area contributed by atoms with E-state index in [-0.39, 0.29) is 18.4 Å². The quantitative estimate of drug-likeness (QED) is 0.889. The summed E-state index contributed by atoms with van der Waals surface area (Å²) in [7, 11) is 0. The lowest BCUT2D eigenvalue weighted by Crippen LogP contribution is -2.47. The highest BCUT2D eigenvalue weighted by Gasteiger charge is 2.34. The molecule has 124 valence electrons. The average Bonchev–Trinajstić information content (AvgIpc) is 2.63. The molecular formula is C19H21N3O2. The molecule has 2 aromatic rings. The van der Waals surface area contributed by atoms with E-state index in [1.54, 1.807) is 4.90 Å². The zero-order valence-electron chi connectivity index (χ0n) is 13.7. The second-order valence-electron chi connectivity index (χ2n) is 5.78. The number of hydrogen-bond acceptors (Lipinski definition) is 3. The van der Waals surface area contributed by atoms with Crippen LogP contribution >= 0.6 is 0 Å². The van der Waals surface area contributed by atoms with E-state index in [4.69, 9.17) is 0 Å². The van der Waals surface area contributed by atoms with Gasteiger partial charge in [-0.25, -0.2) is 0 Å². The standard InChI is InChI=1S/C19H21N3O2/c1-2-12-20-17(23)13-22-16-11-7-6-10-15(16)21-18(19(22)24)14-8-4-3-5-9-14/h3-11,18,21H,2,12-13H2,1H3,(H,20,23). The van der Waals surface area contributed by atoms with Gasteiger partial charge >= 0.3 is 0 Å². The molecule has 0 bridgehead atoms. The molecule has 1 atom stereocenters. The normalized spacial score (nSPS) is 16.3. The van der Waals surface area contributed by atoms with E-state index in [1.165, 1.54) is 0 Å². The maximum Gasteiger partial charge on any atom is 0.254 e. The maximum atomic E-state index is 13.0. The van der Waals surface area contributed by atoms with Crippen LogP contribution in [0.25, 0.3) is 0 Å². The highest BCUT2D eigenvalue weighted by molar-refractivity contribution is 6.08. The van der Waals surface area contributed by atoms with Crippen molar-refractivity contribution in [1.29, 1.82) is 0 Å². The first-order valence-corrected chi connectivity index (χ1v) is 8.19. The van der Waals surface area contributed by atoms with E-state index in [0.717, 1.165) is 23.4 Å². The molecular weight excluding hydrogens is 302 g/mol. The maximum absolute atomic E-state index is 13.0. The van der Waals surface area contributed by atoms with Gasteiger partial charge in [0.15, 0.2) is 0 Å². The lowest BCUT2D eigenvalue weighted by Gasteiger charge is -2.35. The zero-order valence-corrected chi connectivity index (χ0v) is 13.7. The number of nitrogens with one attached hydrogen (secondary N) is 2. The third kappa shape index (κ3) is 3.25. The second-order valence-corrected chi connectivity index (χ2v) is 5.78. The lowest BCUT2D eigenvalue weighted by molar-refractivity contribution is -0.124. The summed E-state index contributed by atoms with van der Waals surface area (Å²) in [6.45, 7) is 2.64. The first-order chi connectivity index (χ1) is 11.7. The summed E-state index contributed by atoms with van der Waals surface area (Å²) < 4.78 is 0. The number of hydrogen-bond donors (Lipinski definition) is 2. The monoisotopic (exact) mass is 323 g/mol. The van der Waals surface area contributed by atoms with Gasteiger partial charge in [0.05, 0.1) is 11.4 Å². The van der Waals surface area contributed by atoms with Gasteiger partial charge in [0, 0.05) is 6.54 Å². The van der Waals surface area contributed by atoms with E-state index >= 15 is 0 Å². The number of nitrogens with zero attached hydrogens (tertiary/aromatic N) is 1. The minimum Gasteiger partial charge on any atom is -0.368 e. The summed E-state index contributed by atoms with van der Waals surface area (Å²) in [5.74, 6) is -0.264. The number of fused-ring (bicyclic) bond motifs is 1. The molecule has 2 aromatic carbocycles. The molecule has 24 heavy (non-hydrogen) atoms. The Balaban J connectivity index is 1.90. The molecule has 1 heterocycles. The van der Waals surface area contributed by atoms with Crippen LogP contribution in [-0.2, 0) is 9.59 Å². The van der Waals surface area contributed by atoms with Crippen LogP contribution in [0.15, 0.2) is 54.6 Å². The number of amides is 2. The van der Waals surface area contributed by atoms with E-state index in [9.17, 15) is 9.59 Å². The van der Waals surface area contributed by atoms with E-state index in [0.29, 0.717) is 6.54 Å². The lowest BCUT2D eigenvalue weighted by atomic mass is 10.0. The fourth-order valence-corrected chi connectivity index (χ4v) is 2.82. The molecule has 0 saturated heterocycles. The molecule has 0 aliphatic carbocycles. The molecule has 1 aliphatic rings. The molecule has 0 aromatic heterocycles. The predicted molar refractivity (Wildman–Crippen MR) is 94.9 cm³/mol. The van der Waals surface area contributed by atoms with Crippen LogP contribution in [0.4, 0.5) is 11.4 Å². The van der Waals surface area contributed by atoms with Gasteiger partial charge in [-0.05, 0) is 24.1 Å². The number of anilines is 2. The van der Waals surface area contributed by atoms with Crippen molar-refractivity contribution in [2.24, 2.45) is 0 Å². The van der Waals surface area contributed by atoms with Crippen LogP contribution in [0.1, 0.15) is 24.9 Å². The van der Waals surface area contributed by atoms with Crippen molar-refractivity contribution in [3.05, 3.63) is 60.2 Å². The van der Waals surface area contributed by atoms with E-state index in [2.05, 4.69) is 10.6 Å². The molecule has 5 nitrogen and oxygen atoms in total. The van der Waals surface area contributed by atoms with Gasteiger partial charge in [0.1, 0.15) is 12.6 Å². The van der Waals surface area contributed by atoms with E-state index < -0.39 is 6.04 Å². The van der Waals surface area contributed by atoms with Crippen LogP contribution in [0.5, 0.6) is 0 Å². The van der Waals surface area contributed by atoms with Crippen LogP contribution in [-0.4, -0.2) is 24.9 Å². The molecule has 1 unspecified atom stereocenters. The van der Waals surface area contributed by atoms with Gasteiger partial charge in [0.25, 0.3) is 5.91 Å². The minimum absolute atomic E-state index is 0.0286. The van der Waals surface area contributed by atoms with Crippen LogP contribution in [0.2, 0.25) is 0 Å². The van der Waals surface area contributed by atoms with Crippen molar-refractivity contribution in [2.45, 2.75) is 19.4 Å². The number of carbonyl (C=O) groups excluding carboxylic acids is 2. The van der Waals surface area contributed by atoms with Gasteiger partial charge < -0.3 is 10.6 Å². The molecule has 0 spiro atoms. The minimum atomic E-state index is -0.486. The third-order valence-corrected chi connectivity index (χ3v) is 4.01. The van der Waals surface area contributed by atoms with Crippen molar-refractivity contribution in [2.75, 3.05) is 23.3 Å². The molecule has 2 N–H and O–H groups in total. The van der Waals surface area contributed by atoms with Gasteiger partial charge in [-0.1, -0.05) is 49.4 Å². The average molecular weight is 323 g/mol. The molecule has 3 rings (SSSR count). The van der Waals surface area contributed by atoms with Crippen molar-refractivity contribution in [3.63, 3.8) is 0 Å². The summed E-state index contributed by atoms with van der Waals surface area (Å²) in [6.07, 6.45) is 0.866. The second kappa shape index (κ2) is 7.17. The number of para-hydroxylation sites is 2. The van der Waals surface area contributed by atoms with Crippen molar-refractivity contribution < 1.29 is 9.59 Å². The number of rotatable bonds is 5. The van der Waals surface area contributed by atoms with Gasteiger partial charge in [-0.15, -0.1) is 0 Å². The van der Waals surface area contributed by atoms with E-state index in [1.807, 2.05) is 61.5 Å². The Bertz CT molecular complexity index is 730. The van der Waals surface area contributed by atoms with Crippen LogP contribution in [0, 0.1) is 0 Å². The molecule has 5 heteroatoms. The summed E-state index contributed by atoms with van der Waals surface area (Å²) in [5.41, 5.74) is 2.48. The molecule has 2 amide bonds. The van der Waals surface area contributed by atoms with Gasteiger partial charge in [-0.2, -0.15) is 0 Å². The van der Waals surface area contributed by atoms with Crippen molar-refractivity contribution in [1.82, 2.24) is 5.32 Å². The summed E-state index contributed by atoms with van der Waals surface area (Å²) in [6, 6.07) is 16.6. The summed E-state index contributed by atoms with van der Waals surface area (Å²) in [4.78, 5) is 26.7. The Morgan fingerprint density at radius 1 is 1.12 bits per heavy atom. The van der Waals surface area contributed by atoms with Crippen LogP contribution in [0.3, 0.4) is 0 Å². The highest BCUT2D eigenvalue weighted by Crippen LogP contribution is 2.36. The molecule has 0 saturated carbocycles. The van der Waals surface area contributed by atoms with Crippen molar-refractivity contribution in [3.8, 4) is 0 Å². The smallest absolute Gasteiger partial charge is 0.254 e. The first-order valence-electron chi connectivity index (χ1n) is 8.19. The Labute approximate surface area is 141 Å². The molecule has 0 fully saturated rings. The Hall–Kier alpha value is -2.82. The van der Waals surface area contributed by atoms with Crippen molar-refractivity contribution >= 4 is 23.2 Å². The summed E-state index contributed by atoms with van der Waals surface area (Å²) in [5, 5.41) is 6.12. The Kier molecular flexibility index (Phi) is 4.79. The number of benzene rings is 2. The summed E-state index contributed by atoms with van der Waals surface area (Å²) >= 11 is 0. The first kappa shape index (κ1) is 16.1. The fourth-order valence-electron chi connectivity index (χ4n) is 2.82. The largest absolute Gasteiger partial charge is 0.368 e. The fraction of sp³-hybridized carbons (Fsp3) is 0.263. The predicted octanol–water partition coefficient (Wildman–Crippen LogP) is 2.71. The number of carbonyl (C=O) groups is 2. The Morgan fingerprint density at radius 2 is 1.83 bits per heavy atom. The molecule has 0 radical (unpaired) electrons. The van der Waals surface area contributed by atoms with Gasteiger partial charge in [0.2, 0.25) is 5.91 Å². The third-order valence-electron chi connectivity index (χ3n) is 4.01. The molecule has 1 aliphatic heterocycles. The van der Waals surface area contributed by atoms with Crippen LogP contribution < -0.4 is 15.5 Å².